The van der Waals surface area contributed by atoms with E-state index >= 15 is 0 Å². The fourth-order valence-corrected chi connectivity index (χ4v) is 2.46. The standard InChI is InChI=1S/C17H15FN2O2S/c1-12(20(22)17(19)21)2-8-15-10-11-16(23-15)9-5-13-3-6-14(18)7-4-13/h3-7,9-12,22H,1H3,(H2,19,21). The molecule has 6 heteroatoms. The molecule has 0 bridgehead atoms. The van der Waals surface area contributed by atoms with Crippen LogP contribution in [0.2, 0.25) is 0 Å². The van der Waals surface area contributed by atoms with Gasteiger partial charge in [-0.15, -0.1) is 11.3 Å². The molecule has 0 aliphatic heterocycles. The summed E-state index contributed by atoms with van der Waals surface area (Å²) in [5.41, 5.74) is 5.85. The highest BCUT2D eigenvalue weighted by Crippen LogP contribution is 2.18. The summed E-state index contributed by atoms with van der Waals surface area (Å²) in [7, 11) is 0. The van der Waals surface area contributed by atoms with Crippen LogP contribution in [0.1, 0.15) is 22.2 Å². The largest absolute Gasteiger partial charge is 0.350 e. The molecule has 0 saturated carbocycles. The Balaban J connectivity index is 2.04. The first-order valence-corrected chi connectivity index (χ1v) is 7.60. The molecule has 0 spiro atoms. The van der Waals surface area contributed by atoms with Crippen LogP contribution in [-0.2, 0) is 0 Å². The average Bonchev–Trinajstić information content (AvgIpc) is 2.99. The number of amides is 2. The summed E-state index contributed by atoms with van der Waals surface area (Å²) in [6, 6.07) is 8.33. The van der Waals surface area contributed by atoms with Crippen LogP contribution in [0.4, 0.5) is 9.18 Å². The molecule has 2 rings (SSSR count). The monoisotopic (exact) mass is 330 g/mol. The Bertz CT molecular complexity index is 772. The number of halogens is 1. The number of urea groups is 1. The minimum atomic E-state index is -0.944. The molecule has 118 valence electrons. The van der Waals surface area contributed by atoms with Crippen molar-refractivity contribution in [2.45, 2.75) is 13.0 Å². The predicted octanol–water partition coefficient (Wildman–Crippen LogP) is 3.57. The maximum Gasteiger partial charge on any atom is 0.339 e. The van der Waals surface area contributed by atoms with E-state index in [1.54, 1.807) is 19.1 Å². The van der Waals surface area contributed by atoms with Gasteiger partial charge in [0.15, 0.2) is 0 Å². The molecular weight excluding hydrogens is 315 g/mol. The number of nitrogens with zero attached hydrogens (tertiary/aromatic N) is 1. The van der Waals surface area contributed by atoms with E-state index in [2.05, 4.69) is 11.8 Å². The second-order valence-electron chi connectivity index (χ2n) is 4.72. The first-order chi connectivity index (χ1) is 11.0. The Morgan fingerprint density at radius 2 is 2.00 bits per heavy atom. The molecule has 0 radical (unpaired) electrons. The van der Waals surface area contributed by atoms with Crippen molar-refractivity contribution in [2.24, 2.45) is 5.73 Å². The van der Waals surface area contributed by atoms with Gasteiger partial charge in [0.2, 0.25) is 0 Å². The minimum Gasteiger partial charge on any atom is -0.350 e. The zero-order valence-corrected chi connectivity index (χ0v) is 13.2. The maximum absolute atomic E-state index is 12.8. The number of rotatable bonds is 3. The molecule has 1 aromatic carbocycles. The maximum atomic E-state index is 12.8. The molecule has 1 aromatic heterocycles. The van der Waals surface area contributed by atoms with Gasteiger partial charge in [-0.3, -0.25) is 5.21 Å². The second kappa shape index (κ2) is 7.58. The summed E-state index contributed by atoms with van der Waals surface area (Å²) < 4.78 is 12.8. The van der Waals surface area contributed by atoms with Crippen molar-refractivity contribution in [3.8, 4) is 11.8 Å². The summed E-state index contributed by atoms with van der Waals surface area (Å²) in [6.45, 7) is 1.57. The van der Waals surface area contributed by atoms with Crippen LogP contribution in [0.5, 0.6) is 0 Å². The summed E-state index contributed by atoms with van der Waals surface area (Å²) in [5.74, 6) is 5.36. The number of nitrogens with two attached hydrogens (primary N) is 1. The molecule has 4 nitrogen and oxygen atoms in total. The highest BCUT2D eigenvalue weighted by Gasteiger charge is 2.11. The first-order valence-electron chi connectivity index (χ1n) is 6.78. The molecule has 2 amide bonds. The van der Waals surface area contributed by atoms with Crippen molar-refractivity contribution in [3.05, 3.63) is 57.5 Å². The number of benzene rings is 1. The predicted molar refractivity (Wildman–Crippen MR) is 89.2 cm³/mol. The zero-order valence-electron chi connectivity index (χ0n) is 12.4. The summed E-state index contributed by atoms with van der Waals surface area (Å²) in [6.07, 6.45) is 3.79. The van der Waals surface area contributed by atoms with Gasteiger partial charge in [0.1, 0.15) is 11.9 Å². The third-order valence-electron chi connectivity index (χ3n) is 2.93. The van der Waals surface area contributed by atoms with Crippen LogP contribution < -0.4 is 5.73 Å². The normalized spacial score (nSPS) is 11.8. The third kappa shape index (κ3) is 4.95. The number of primary amides is 1. The van der Waals surface area contributed by atoms with Gasteiger partial charge in [-0.25, -0.2) is 9.18 Å². The van der Waals surface area contributed by atoms with Crippen LogP contribution in [-0.4, -0.2) is 22.3 Å². The van der Waals surface area contributed by atoms with Gasteiger partial charge in [0, 0.05) is 4.88 Å². The molecule has 2 aromatic rings. The Morgan fingerprint density at radius 1 is 1.30 bits per heavy atom. The van der Waals surface area contributed by atoms with Crippen molar-refractivity contribution in [3.63, 3.8) is 0 Å². The second-order valence-corrected chi connectivity index (χ2v) is 5.83. The summed E-state index contributed by atoms with van der Waals surface area (Å²) >= 11 is 1.47. The number of thiophene rings is 1. The van der Waals surface area contributed by atoms with Crippen molar-refractivity contribution in [1.29, 1.82) is 0 Å². The molecule has 0 aliphatic carbocycles. The van der Waals surface area contributed by atoms with Gasteiger partial charge in [0.25, 0.3) is 0 Å². The van der Waals surface area contributed by atoms with E-state index in [-0.39, 0.29) is 5.82 Å². The van der Waals surface area contributed by atoms with Crippen molar-refractivity contribution < 1.29 is 14.4 Å². The fraction of sp³-hybridized carbons (Fsp3) is 0.118. The lowest BCUT2D eigenvalue weighted by Crippen LogP contribution is -2.38. The molecule has 1 atom stereocenters. The van der Waals surface area contributed by atoms with E-state index < -0.39 is 12.1 Å². The highest BCUT2D eigenvalue weighted by atomic mass is 32.1. The van der Waals surface area contributed by atoms with Gasteiger partial charge >= 0.3 is 6.03 Å². The van der Waals surface area contributed by atoms with E-state index in [0.717, 1.165) is 15.3 Å². The van der Waals surface area contributed by atoms with Crippen LogP contribution in [0.15, 0.2) is 36.4 Å². The lowest BCUT2D eigenvalue weighted by molar-refractivity contribution is -0.0536. The molecule has 1 heterocycles. The van der Waals surface area contributed by atoms with E-state index in [1.807, 2.05) is 24.3 Å². The van der Waals surface area contributed by atoms with Gasteiger partial charge in [0.05, 0.1) is 4.88 Å². The third-order valence-corrected chi connectivity index (χ3v) is 3.90. The lowest BCUT2D eigenvalue weighted by atomic mass is 10.2. The molecular formula is C17H15FN2O2S. The molecule has 1 unspecified atom stereocenters. The summed E-state index contributed by atoms with van der Waals surface area (Å²) in [5, 5.41) is 9.71. The van der Waals surface area contributed by atoms with E-state index in [1.165, 1.54) is 23.5 Å². The molecule has 0 aliphatic rings. The average molecular weight is 330 g/mol. The highest BCUT2D eigenvalue weighted by molar-refractivity contribution is 7.13. The van der Waals surface area contributed by atoms with Gasteiger partial charge < -0.3 is 5.73 Å². The quantitative estimate of drug-likeness (QED) is 0.513. The summed E-state index contributed by atoms with van der Waals surface area (Å²) in [4.78, 5) is 12.6. The van der Waals surface area contributed by atoms with Crippen LogP contribution in [0.3, 0.4) is 0 Å². The molecule has 23 heavy (non-hydrogen) atoms. The van der Waals surface area contributed by atoms with Crippen molar-refractivity contribution >= 4 is 29.5 Å². The zero-order chi connectivity index (χ0) is 16.8. The van der Waals surface area contributed by atoms with Crippen LogP contribution >= 0.6 is 11.3 Å². The van der Waals surface area contributed by atoms with Crippen molar-refractivity contribution in [1.82, 2.24) is 5.06 Å². The van der Waals surface area contributed by atoms with Gasteiger partial charge in [-0.2, -0.15) is 5.06 Å². The van der Waals surface area contributed by atoms with Gasteiger partial charge in [-0.05, 0) is 42.8 Å². The first kappa shape index (κ1) is 16.7. The number of carbonyl (C=O) groups excluding carboxylic acids is 1. The Hall–Kier alpha value is -2.62. The van der Waals surface area contributed by atoms with Crippen LogP contribution in [0, 0.1) is 17.7 Å². The topological polar surface area (TPSA) is 66.6 Å². The number of carbonyl (C=O) groups is 1. The fourth-order valence-electron chi connectivity index (χ4n) is 1.69. The number of hydroxylamine groups is 2. The van der Waals surface area contributed by atoms with E-state index in [4.69, 9.17) is 5.73 Å². The Kier molecular flexibility index (Phi) is 5.52. The SMILES string of the molecule is CC(C#Cc1ccc(C=Cc2ccc(F)cc2)s1)N(O)C(N)=O. The number of hydrogen-bond acceptors (Lipinski definition) is 3. The minimum absolute atomic E-state index is 0.265. The van der Waals surface area contributed by atoms with E-state index in [0.29, 0.717) is 5.06 Å². The molecule has 3 N–H and O–H groups in total. The number of hydrogen-bond donors (Lipinski definition) is 2. The van der Waals surface area contributed by atoms with Crippen molar-refractivity contribution in [2.75, 3.05) is 0 Å². The van der Waals surface area contributed by atoms with Gasteiger partial charge in [-0.1, -0.05) is 30.0 Å². The smallest absolute Gasteiger partial charge is 0.339 e. The van der Waals surface area contributed by atoms with Crippen LogP contribution in [0.25, 0.3) is 12.2 Å². The Morgan fingerprint density at radius 3 is 2.65 bits per heavy atom. The molecule has 0 saturated heterocycles. The Labute approximate surface area is 137 Å². The molecule has 0 fully saturated rings. The van der Waals surface area contributed by atoms with E-state index in [9.17, 15) is 14.4 Å². The lowest BCUT2D eigenvalue weighted by Gasteiger charge is -2.14.